The lowest BCUT2D eigenvalue weighted by Gasteiger charge is -2.23. The average molecular weight is 1940 g/mol. The van der Waals surface area contributed by atoms with E-state index < -0.39 is 36.0 Å². The predicted molar refractivity (Wildman–Crippen MR) is 517 cm³/mol. The van der Waals surface area contributed by atoms with Gasteiger partial charge in [-0.05, 0) is 118 Å². The van der Waals surface area contributed by atoms with Crippen molar-refractivity contribution in [1.29, 1.82) is 0 Å². The molecule has 0 aliphatic carbocycles. The van der Waals surface area contributed by atoms with Crippen LogP contribution >= 0.6 is 108 Å². The van der Waals surface area contributed by atoms with Gasteiger partial charge in [0.2, 0.25) is 0 Å². The predicted octanol–water partition coefficient (Wildman–Crippen LogP) is 14.3. The Morgan fingerprint density at radius 1 is 0.426 bits per heavy atom. The number of nitrogens with zero attached hydrogens (tertiary/aromatic N) is 15. The molecule has 1 aliphatic heterocycles. The Kier molecular flexibility index (Phi) is 35.8. The monoisotopic (exact) mass is 1940 g/mol. The standard InChI is InChI=1S/C15H14ClN3O3.C13H11ClN4O2.C13H10ClN3O.C13H18ClN3O.C12H16ClN3O.C10H11ClN4O.C10H12ClN3O2.2H2S/c16-10-6-11-14(17-7-10)18-15(22)19(11)12(8-20)13(21)9-4-2-1-3-5-9;14-9-4-10-12(16-6-9)17-13(20)18(10)11(7-19)8-2-1-3-15-5-8;14-10-6-11-12(15-7-10)16-13(18)17(11)8-9-4-2-1-3-5-9;1-3-5-10(6-4-2)17-11-7-9(14)8-15-12(11)16-13(17)18;1-3-5-9(4-2)16-10-6-8(13)7-14-11(10)15-12(16)17;11-6-3-8-9(13-4-6)14-10(16)15(8)7-1-2-12-5-7;1-10(2,5-15)14-7-3-6(11)4-12-8(7)13-9(14)16;;/h1-7,12-13,20-21H,8H2,(H,17,18,22);1-6,11,19H,7H2,(H,16,17,20);1-7H,8H2,(H,15,16,18);7-8,10H,3-6H2,1-2H3,(H,15,16,18);6-7,9H,3-5H2,1-2H3,(H,14,15,17);3-4,7,12H,1-2,5H2,(H,13,14,16);3-4,15H,5H2,1-2H3,(H,12,13,16);2*1H2/t12-,13-;;;;9-;7-;;;/m1...10.../s1. The van der Waals surface area contributed by atoms with Crippen LogP contribution in [0.2, 0.25) is 35.2 Å². The van der Waals surface area contributed by atoms with Crippen molar-refractivity contribution in [2.24, 2.45) is 0 Å². The normalized spacial score (nSPS) is 13.3. The highest BCUT2D eigenvalue weighted by atomic mass is 35.5. The van der Waals surface area contributed by atoms with E-state index >= 15 is 0 Å². The minimum absolute atomic E-state index is 0. The van der Waals surface area contributed by atoms with Gasteiger partial charge in [-0.3, -0.25) is 71.8 Å². The number of hydrogen-bond donors (Lipinski definition) is 12. The highest BCUT2D eigenvalue weighted by Gasteiger charge is 2.29. The van der Waals surface area contributed by atoms with Gasteiger partial charge in [-0.15, -0.1) is 0 Å². The van der Waals surface area contributed by atoms with Crippen LogP contribution in [0.15, 0.2) is 205 Å². The molecule has 2 aromatic carbocycles. The fourth-order valence-corrected chi connectivity index (χ4v) is 16.1. The molecule has 15 aromatic heterocycles. The van der Waals surface area contributed by atoms with Gasteiger partial charge in [0, 0.05) is 74.4 Å². The van der Waals surface area contributed by atoms with Crippen molar-refractivity contribution in [2.75, 3.05) is 32.9 Å². The Bertz CT molecular complexity index is 7060. The van der Waals surface area contributed by atoms with E-state index in [1.54, 1.807) is 136 Å². The van der Waals surface area contributed by atoms with E-state index in [0.717, 1.165) is 97.6 Å². The van der Waals surface area contributed by atoms with Crippen molar-refractivity contribution in [3.8, 4) is 0 Å². The molecule has 1 aliphatic rings. The van der Waals surface area contributed by atoms with Crippen molar-refractivity contribution in [1.82, 2.24) is 112 Å². The molecular weight excluding hydrogens is 1840 g/mol. The molecule has 0 radical (unpaired) electrons. The molecule has 1 saturated heterocycles. The summed E-state index contributed by atoms with van der Waals surface area (Å²) >= 11 is 41.4. The van der Waals surface area contributed by atoms with E-state index in [1.807, 2.05) is 36.4 Å². The quantitative estimate of drug-likeness (QED) is 0.0318. The van der Waals surface area contributed by atoms with Crippen LogP contribution in [0.25, 0.3) is 78.1 Å². The molecule has 129 heavy (non-hydrogen) atoms. The van der Waals surface area contributed by atoms with Crippen LogP contribution in [0.1, 0.15) is 146 Å². The zero-order valence-electron chi connectivity index (χ0n) is 70.5. The summed E-state index contributed by atoms with van der Waals surface area (Å²) in [5, 5.41) is 45.8. The molecule has 16 heterocycles. The molecule has 17 aromatic rings. The van der Waals surface area contributed by atoms with Gasteiger partial charge in [-0.1, -0.05) is 195 Å². The number of benzene rings is 2. The van der Waals surface area contributed by atoms with E-state index in [4.69, 9.17) is 81.2 Å². The summed E-state index contributed by atoms with van der Waals surface area (Å²) in [5.74, 6) is 0. The van der Waals surface area contributed by atoms with E-state index in [0.29, 0.717) is 103 Å². The number of imidazole rings is 7. The summed E-state index contributed by atoms with van der Waals surface area (Å²) in [4.78, 5) is 135. The lowest BCUT2D eigenvalue weighted by Crippen LogP contribution is -2.37. The maximum Gasteiger partial charge on any atom is 0.328 e. The average Bonchev–Trinajstić information content (AvgIpc) is 1.63. The highest BCUT2D eigenvalue weighted by molar-refractivity contribution is 7.59. The Morgan fingerprint density at radius 3 is 1.25 bits per heavy atom. The molecule has 5 atom stereocenters. The lowest BCUT2D eigenvalue weighted by atomic mass is 10.0. The lowest BCUT2D eigenvalue weighted by molar-refractivity contribution is 0.0733. The SMILES string of the molecule is CC(C)(CO)n1c(=O)[nH]c2ncc(Cl)cc21.CCCC(CCC)n1c(=O)[nH]c2ncc(Cl)cc21.CCC[C@@H](CC)n1c(=O)[nH]c2ncc(Cl)cc21.O=c1[nH]c2ncc(Cl)cc2n1C(CO)c1cccnc1.O=c1[nH]c2ncc(Cl)cc2n1Cc1ccccc1.O=c1[nH]c2ncc(Cl)cc2n1[C@H](CO)[C@H](O)c1ccccc1.O=c1[nH]c2ncc(Cl)cc2n1[C@H]1CCNC1.S.S. The van der Waals surface area contributed by atoms with Crippen LogP contribution in [-0.2, 0) is 12.1 Å². The Hall–Kier alpha value is -10.9. The van der Waals surface area contributed by atoms with Gasteiger partial charge in [0.15, 0.2) is 39.5 Å². The molecule has 0 spiro atoms. The van der Waals surface area contributed by atoms with Crippen molar-refractivity contribution < 1.29 is 20.4 Å². The van der Waals surface area contributed by atoms with Crippen LogP contribution in [0, 0.1) is 0 Å². The van der Waals surface area contributed by atoms with Gasteiger partial charge in [-0.2, -0.15) is 27.0 Å². The molecule has 12 N–H and O–H groups in total. The first-order valence-electron chi connectivity index (χ1n) is 40.6. The number of aliphatic hydroxyl groups excluding tert-OH is 4. The van der Waals surface area contributed by atoms with Crippen molar-refractivity contribution in [3.63, 3.8) is 0 Å². The fraction of sp³-hybridized carbons (Fsp3) is 0.314. The summed E-state index contributed by atoms with van der Waals surface area (Å²) in [6.07, 6.45) is 20.7. The van der Waals surface area contributed by atoms with Crippen LogP contribution in [0.3, 0.4) is 0 Å². The molecular formula is C86H96Cl7N23O11S2. The molecule has 1 unspecified atom stereocenters. The van der Waals surface area contributed by atoms with E-state index in [9.17, 15) is 54.0 Å². The van der Waals surface area contributed by atoms with E-state index in [1.165, 1.54) is 44.7 Å². The van der Waals surface area contributed by atoms with Crippen molar-refractivity contribution >= 4 is 186 Å². The molecule has 1 fully saturated rings. The van der Waals surface area contributed by atoms with Crippen LogP contribution < -0.4 is 45.1 Å². The van der Waals surface area contributed by atoms with Crippen LogP contribution in [0.4, 0.5) is 0 Å². The maximum absolute atomic E-state index is 12.2. The van der Waals surface area contributed by atoms with Crippen molar-refractivity contribution in [2.45, 2.75) is 141 Å². The zero-order valence-corrected chi connectivity index (χ0v) is 77.8. The van der Waals surface area contributed by atoms with Gasteiger partial charge >= 0.3 is 39.8 Å². The van der Waals surface area contributed by atoms with Crippen LogP contribution in [0.5, 0.6) is 0 Å². The zero-order chi connectivity index (χ0) is 90.9. The first kappa shape index (κ1) is 100. The third kappa shape index (κ3) is 23.8. The number of aromatic nitrogens is 22. The Labute approximate surface area is 783 Å². The highest BCUT2D eigenvalue weighted by Crippen LogP contribution is 2.31. The second-order valence-corrected chi connectivity index (χ2v) is 33.3. The summed E-state index contributed by atoms with van der Waals surface area (Å²) in [6.45, 7) is 13.5. The molecule has 0 bridgehead atoms. The largest absolute Gasteiger partial charge is 0.394 e. The number of rotatable bonds is 21. The van der Waals surface area contributed by atoms with Gasteiger partial charge in [0.25, 0.3) is 0 Å². The topological polar surface area (TPSA) is 461 Å². The number of aromatic amines is 7. The number of nitrogens with one attached hydrogen (secondary N) is 8. The number of pyridine rings is 8. The van der Waals surface area contributed by atoms with E-state index in [-0.39, 0.29) is 92.5 Å². The molecule has 18 rings (SSSR count). The molecule has 34 nitrogen and oxygen atoms in total. The third-order valence-electron chi connectivity index (χ3n) is 21.0. The van der Waals surface area contributed by atoms with Crippen molar-refractivity contribution in [3.05, 3.63) is 296 Å². The smallest absolute Gasteiger partial charge is 0.328 e. The molecule has 0 amide bonds. The fourth-order valence-electron chi connectivity index (χ4n) is 15.1. The summed E-state index contributed by atoms with van der Waals surface area (Å²) in [7, 11) is 0. The Balaban J connectivity index is 0.000000157. The van der Waals surface area contributed by atoms with Gasteiger partial charge in [0.1, 0.15) is 6.10 Å². The number of aliphatic hydroxyl groups is 4. The third-order valence-corrected chi connectivity index (χ3v) is 22.5. The van der Waals surface area contributed by atoms with Gasteiger partial charge in [0.05, 0.1) is 124 Å². The second kappa shape index (κ2) is 46.0. The number of H-pyrrole nitrogens is 7. The summed E-state index contributed by atoms with van der Waals surface area (Å²) in [5.41, 5.74) is 8.42. The summed E-state index contributed by atoms with van der Waals surface area (Å²) < 4.78 is 11.1. The first-order chi connectivity index (χ1) is 61.1. The summed E-state index contributed by atoms with van der Waals surface area (Å²) in [6, 6.07) is 33.4. The molecule has 682 valence electrons. The molecule has 0 saturated carbocycles. The van der Waals surface area contributed by atoms with Gasteiger partial charge < -0.3 is 25.7 Å². The van der Waals surface area contributed by atoms with Crippen LogP contribution in [-0.4, -0.2) is 160 Å². The number of hydrogen-bond acceptors (Lipinski definition) is 20. The minimum atomic E-state index is -1.04. The second-order valence-electron chi connectivity index (χ2n) is 30.2. The van der Waals surface area contributed by atoms with E-state index in [2.05, 4.69) is 108 Å². The molecule has 43 heteroatoms. The minimum Gasteiger partial charge on any atom is -0.394 e. The van der Waals surface area contributed by atoms with Gasteiger partial charge in [-0.25, -0.2) is 68.4 Å². The number of halogens is 7. The Morgan fingerprint density at radius 2 is 0.806 bits per heavy atom. The first-order valence-corrected chi connectivity index (χ1v) is 43.3. The number of fused-ring (bicyclic) bond motifs is 7. The maximum atomic E-state index is 12.2.